The molecule has 4 nitrogen and oxygen atoms in total. The van der Waals surface area contributed by atoms with Crippen molar-refractivity contribution in [2.75, 3.05) is 4.90 Å². The number of imidazole rings is 1. The highest BCUT2D eigenvalue weighted by Crippen LogP contribution is 2.44. The van der Waals surface area contributed by atoms with E-state index >= 15 is 0 Å². The van der Waals surface area contributed by atoms with Crippen LogP contribution in [0.1, 0.15) is 0 Å². The lowest BCUT2D eigenvalue weighted by Gasteiger charge is -2.35. The number of nitrogens with zero attached hydrogens (tertiary/aromatic N) is 4. The zero-order chi connectivity index (χ0) is 34.9. The number of hydrogen-bond donors (Lipinski definition) is 0. The van der Waals surface area contributed by atoms with Gasteiger partial charge >= 0.3 is 0 Å². The first-order valence-corrected chi connectivity index (χ1v) is 20.1. The normalized spacial score (nSPS) is 14.9. The third-order valence-electron chi connectivity index (χ3n) is 11.0. The van der Waals surface area contributed by atoms with Crippen molar-refractivity contribution in [1.29, 1.82) is 0 Å². The average molecular weight is 693 g/mol. The zero-order valence-electron chi connectivity index (χ0n) is 28.8. The summed E-state index contributed by atoms with van der Waals surface area (Å²) in [6.07, 6.45) is 1.87. The van der Waals surface area contributed by atoms with Crippen LogP contribution in [0.25, 0.3) is 50.5 Å². The lowest BCUT2D eigenvalue weighted by atomic mass is 10.0. The number of hydrogen-bond acceptors (Lipinski definition) is 3. The minimum Gasteiger partial charge on any atom is -0.311 e. The summed E-state index contributed by atoms with van der Waals surface area (Å²) in [5.41, 5.74) is 12.6. The van der Waals surface area contributed by atoms with Crippen molar-refractivity contribution < 1.29 is 0 Å². The quantitative estimate of drug-likeness (QED) is 0.169. The van der Waals surface area contributed by atoms with Crippen LogP contribution in [0.5, 0.6) is 0 Å². The fourth-order valence-corrected chi connectivity index (χ4v) is 15.1. The van der Waals surface area contributed by atoms with E-state index in [-0.39, 0.29) is 0 Å². The molecule has 0 saturated heterocycles. The van der Waals surface area contributed by atoms with E-state index in [1.54, 1.807) is 0 Å². The van der Waals surface area contributed by atoms with Gasteiger partial charge in [0.05, 0.1) is 0 Å². The Kier molecular flexibility index (Phi) is 6.54. The third kappa shape index (κ3) is 4.17. The smallest absolute Gasteiger partial charge is 0.185 e. The first-order chi connectivity index (χ1) is 26.3. The highest BCUT2D eigenvalue weighted by molar-refractivity contribution is 7.25. The second-order valence-corrected chi connectivity index (χ2v) is 17.3. The molecule has 0 aliphatic carbocycles. The fourth-order valence-electron chi connectivity index (χ4n) is 9.11. The van der Waals surface area contributed by atoms with Crippen LogP contribution in [0, 0.1) is 0 Å². The molecule has 2 aliphatic heterocycles. The van der Waals surface area contributed by atoms with E-state index in [1.807, 2.05) is 12.3 Å². The number of anilines is 3. The van der Waals surface area contributed by atoms with Gasteiger partial charge in [-0.15, -0.1) is 0 Å². The molecule has 0 saturated carbocycles. The summed E-state index contributed by atoms with van der Waals surface area (Å²) in [5, 5.41) is 5.63. The van der Waals surface area contributed by atoms with Crippen molar-refractivity contribution >= 4 is 57.0 Å². The van der Waals surface area contributed by atoms with E-state index in [2.05, 4.69) is 191 Å². The minimum atomic E-state index is -3.04. The van der Waals surface area contributed by atoms with Crippen molar-refractivity contribution in [3.05, 3.63) is 194 Å². The molecule has 0 N–H and O–H groups in total. The number of aromatic nitrogens is 3. The molecule has 2 aromatic heterocycles. The van der Waals surface area contributed by atoms with Gasteiger partial charge in [-0.1, -0.05) is 133 Å². The number of pyridine rings is 1. The van der Waals surface area contributed by atoms with Gasteiger partial charge < -0.3 is 4.90 Å². The van der Waals surface area contributed by atoms with Crippen molar-refractivity contribution in [2.24, 2.45) is 0 Å². The summed E-state index contributed by atoms with van der Waals surface area (Å²) in [5.74, 6) is 0.910. The molecule has 9 aromatic rings. The summed E-state index contributed by atoms with van der Waals surface area (Å²) in [4.78, 5) is 12.8. The molecule has 0 bridgehead atoms. The number of rotatable bonds is 5. The van der Waals surface area contributed by atoms with Crippen molar-refractivity contribution in [3.8, 4) is 39.3 Å². The highest BCUT2D eigenvalue weighted by Gasteiger charge is 2.57. The van der Waals surface area contributed by atoms with E-state index in [0.717, 1.165) is 39.6 Å². The van der Waals surface area contributed by atoms with Crippen LogP contribution in [0.2, 0.25) is 0 Å². The van der Waals surface area contributed by atoms with E-state index < -0.39 is 8.07 Å². The molecule has 248 valence electrons. The van der Waals surface area contributed by atoms with E-state index in [1.165, 1.54) is 48.7 Å². The lowest BCUT2D eigenvalue weighted by molar-refractivity contribution is 1.08. The van der Waals surface area contributed by atoms with Crippen molar-refractivity contribution in [2.45, 2.75) is 0 Å². The third-order valence-corrected chi connectivity index (χ3v) is 16.1. The van der Waals surface area contributed by atoms with Crippen molar-refractivity contribution in [1.82, 2.24) is 14.5 Å². The van der Waals surface area contributed by atoms with Crippen LogP contribution < -0.4 is 25.6 Å². The average Bonchev–Trinajstić information content (AvgIpc) is 3.87. The summed E-state index contributed by atoms with van der Waals surface area (Å²) < 4.78 is 2.25. The Morgan fingerprint density at radius 1 is 0.434 bits per heavy atom. The Morgan fingerprint density at radius 3 is 1.62 bits per heavy atom. The number of fused-ring (bicyclic) bond motifs is 11. The molecule has 53 heavy (non-hydrogen) atoms. The zero-order valence-corrected chi connectivity index (χ0v) is 29.8. The van der Waals surface area contributed by atoms with Gasteiger partial charge in [0.1, 0.15) is 11.3 Å². The molecular weight excluding hydrogens is 661 g/mol. The molecule has 7 aromatic carbocycles. The van der Waals surface area contributed by atoms with Crippen LogP contribution in [0.15, 0.2) is 194 Å². The maximum atomic E-state index is 5.43. The number of benzene rings is 7. The van der Waals surface area contributed by atoms with E-state index in [9.17, 15) is 0 Å². The molecule has 11 rings (SSSR count). The Labute approximate surface area is 309 Å². The van der Waals surface area contributed by atoms with Crippen molar-refractivity contribution in [3.63, 3.8) is 0 Å². The Balaban J connectivity index is 1.31. The maximum absolute atomic E-state index is 5.43. The molecule has 1 spiro atoms. The number of para-hydroxylation sites is 3. The van der Waals surface area contributed by atoms with Gasteiger partial charge in [-0.05, 0) is 97.6 Å². The molecule has 1 atom stereocenters. The van der Waals surface area contributed by atoms with Gasteiger partial charge in [-0.25, -0.2) is 9.97 Å². The van der Waals surface area contributed by atoms with Crippen LogP contribution in [0.3, 0.4) is 0 Å². The fraction of sp³-hybridized carbons (Fsp3) is 0. The molecule has 5 heteroatoms. The van der Waals surface area contributed by atoms with Crippen LogP contribution in [-0.4, -0.2) is 22.6 Å². The second kappa shape index (κ2) is 11.6. The Bertz CT molecular complexity index is 2800. The second-order valence-electron chi connectivity index (χ2n) is 13.7. The largest absolute Gasteiger partial charge is 0.311 e. The summed E-state index contributed by atoms with van der Waals surface area (Å²) in [7, 11) is -3.04. The van der Waals surface area contributed by atoms with Gasteiger partial charge in [0, 0.05) is 34.5 Å². The summed E-state index contributed by atoms with van der Waals surface area (Å²) in [6, 6.07) is 68.3. The van der Waals surface area contributed by atoms with Gasteiger partial charge in [-0.2, -0.15) is 0 Å². The first-order valence-electron chi connectivity index (χ1n) is 18.1. The molecular formula is C48H32N4Si. The Hall–Kier alpha value is -6.82. The minimum absolute atomic E-state index is 0.852. The molecule has 2 aliphatic rings. The van der Waals surface area contributed by atoms with Crippen LogP contribution >= 0.6 is 0 Å². The first kappa shape index (κ1) is 29.9. The monoisotopic (exact) mass is 692 g/mol. The molecule has 0 fully saturated rings. The van der Waals surface area contributed by atoms with E-state index in [4.69, 9.17) is 9.97 Å². The molecule has 1 unspecified atom stereocenters. The lowest BCUT2D eigenvalue weighted by Crippen LogP contribution is -2.71. The van der Waals surface area contributed by atoms with Gasteiger partial charge in [0.15, 0.2) is 13.7 Å². The van der Waals surface area contributed by atoms with Crippen LogP contribution in [0.4, 0.5) is 17.1 Å². The Morgan fingerprint density at radius 2 is 0.962 bits per heavy atom. The highest BCUT2D eigenvalue weighted by atomic mass is 28.3. The van der Waals surface area contributed by atoms with Gasteiger partial charge in [0.2, 0.25) is 0 Å². The maximum Gasteiger partial charge on any atom is 0.185 e. The van der Waals surface area contributed by atoms with Crippen LogP contribution in [-0.2, 0) is 0 Å². The predicted molar refractivity (Wildman–Crippen MR) is 221 cm³/mol. The SMILES string of the molecule is c1ccc(N(c2ccccc2)c2cccc3c2[Si]2(c4ccccc4-c4cccc(-c5nc6cccnc6n5-c5ccccc5)c42)c2ccccc2-3)cc1. The predicted octanol–water partition coefficient (Wildman–Crippen LogP) is 8.90. The molecule has 0 radical (unpaired) electrons. The molecule has 0 amide bonds. The molecule has 4 heterocycles. The summed E-state index contributed by atoms with van der Waals surface area (Å²) in [6.45, 7) is 0. The summed E-state index contributed by atoms with van der Waals surface area (Å²) >= 11 is 0. The van der Waals surface area contributed by atoms with Gasteiger partial charge in [-0.3, -0.25) is 4.57 Å². The topological polar surface area (TPSA) is 34.0 Å². The van der Waals surface area contributed by atoms with Gasteiger partial charge in [0.25, 0.3) is 0 Å². The van der Waals surface area contributed by atoms with E-state index in [0.29, 0.717) is 0 Å². The standard InChI is InChI=1S/C48H32N4Si/c1-4-17-33(18-5-1)51(34-19-6-2-7-20-34)42-29-15-26-39-37-24-11-13-31-44(37)53(46(39)42)43-30-12-10-23-36(43)38-25-14-27-40(45(38)53)47-50-41-28-16-32-49-48(41)52(47)35-21-8-3-9-22-35/h1-32H.